The fraction of sp³-hybridized carbons (Fsp3) is 0.400. The maximum atomic E-state index is 5.60. The topological polar surface area (TPSA) is 41.8 Å². The van der Waals surface area contributed by atoms with Gasteiger partial charge >= 0.3 is 0 Å². The number of nitrogens with two attached hydrogens (primary N) is 1. The lowest BCUT2D eigenvalue weighted by Crippen LogP contribution is -2.09. The molecule has 0 saturated carbocycles. The molecule has 66 valence electrons. The van der Waals surface area contributed by atoms with E-state index in [0.29, 0.717) is 0 Å². The van der Waals surface area contributed by atoms with Gasteiger partial charge in [-0.1, -0.05) is 12.2 Å². The number of rotatable bonds is 2. The van der Waals surface area contributed by atoms with E-state index in [1.54, 1.807) is 0 Å². The summed E-state index contributed by atoms with van der Waals surface area (Å²) in [6.07, 6.45) is 4.05. The second-order valence-corrected chi connectivity index (χ2v) is 3.25. The quantitative estimate of drug-likeness (QED) is 0.689. The Bertz CT molecular complexity index is 282. The first-order chi connectivity index (χ1) is 5.59. The Morgan fingerprint density at radius 2 is 2.17 bits per heavy atom. The fourth-order valence-electron chi connectivity index (χ4n) is 1.17. The van der Waals surface area contributed by atoms with Gasteiger partial charge in [-0.3, -0.25) is 0 Å². The zero-order chi connectivity index (χ0) is 9.14. The highest BCUT2D eigenvalue weighted by atomic mass is 14.7. The van der Waals surface area contributed by atoms with Crippen molar-refractivity contribution in [3.63, 3.8) is 0 Å². The molecular weight excluding hydrogens is 148 g/mol. The van der Waals surface area contributed by atoms with Crippen molar-refractivity contribution >= 4 is 6.08 Å². The van der Waals surface area contributed by atoms with Crippen LogP contribution in [0.2, 0.25) is 0 Å². The van der Waals surface area contributed by atoms with E-state index in [9.17, 15) is 0 Å². The fourth-order valence-corrected chi connectivity index (χ4v) is 1.17. The first-order valence-electron chi connectivity index (χ1n) is 4.19. The van der Waals surface area contributed by atoms with Gasteiger partial charge in [0.15, 0.2) is 0 Å². The van der Waals surface area contributed by atoms with Crippen molar-refractivity contribution in [2.75, 3.05) is 0 Å². The van der Waals surface area contributed by atoms with Crippen LogP contribution in [0.3, 0.4) is 0 Å². The van der Waals surface area contributed by atoms with Crippen molar-refractivity contribution in [1.82, 2.24) is 4.98 Å². The molecule has 1 heterocycles. The summed E-state index contributed by atoms with van der Waals surface area (Å²) in [4.78, 5) is 3.24. The highest BCUT2D eigenvalue weighted by Crippen LogP contribution is 2.10. The van der Waals surface area contributed by atoms with Crippen molar-refractivity contribution < 1.29 is 0 Å². The normalized spacial score (nSPS) is 14.0. The second-order valence-electron chi connectivity index (χ2n) is 3.25. The van der Waals surface area contributed by atoms with Gasteiger partial charge in [0, 0.05) is 17.4 Å². The molecule has 0 aromatic carbocycles. The van der Waals surface area contributed by atoms with Crippen molar-refractivity contribution in [2.24, 2.45) is 5.73 Å². The largest absolute Gasteiger partial charge is 0.362 e. The van der Waals surface area contributed by atoms with Crippen LogP contribution < -0.4 is 5.73 Å². The van der Waals surface area contributed by atoms with Crippen molar-refractivity contribution in [2.45, 2.75) is 26.8 Å². The zero-order valence-electron chi connectivity index (χ0n) is 7.89. The molecule has 0 aliphatic carbocycles. The molecule has 1 aromatic heterocycles. The highest BCUT2D eigenvalue weighted by Gasteiger charge is 1.96. The third kappa shape index (κ3) is 2.24. The molecular formula is C10H16N2. The van der Waals surface area contributed by atoms with Crippen LogP contribution in [0.1, 0.15) is 23.9 Å². The average molecular weight is 164 g/mol. The molecule has 12 heavy (non-hydrogen) atoms. The van der Waals surface area contributed by atoms with Gasteiger partial charge in [-0.05, 0) is 32.4 Å². The van der Waals surface area contributed by atoms with E-state index in [1.165, 1.54) is 17.0 Å². The molecule has 0 radical (unpaired) electrons. The predicted molar refractivity (Wildman–Crippen MR) is 53.0 cm³/mol. The molecule has 3 N–H and O–H groups in total. The number of hydrogen-bond donors (Lipinski definition) is 2. The van der Waals surface area contributed by atoms with E-state index in [-0.39, 0.29) is 6.04 Å². The minimum atomic E-state index is 0.125. The van der Waals surface area contributed by atoms with E-state index in [4.69, 9.17) is 5.73 Å². The minimum absolute atomic E-state index is 0.125. The maximum absolute atomic E-state index is 5.60. The molecule has 2 heteroatoms. The lowest BCUT2D eigenvalue weighted by Gasteiger charge is -1.94. The summed E-state index contributed by atoms with van der Waals surface area (Å²) in [7, 11) is 0. The minimum Gasteiger partial charge on any atom is -0.362 e. The lowest BCUT2D eigenvalue weighted by atomic mass is 10.2. The Hall–Kier alpha value is -1.02. The molecule has 0 bridgehead atoms. The summed E-state index contributed by atoms with van der Waals surface area (Å²) in [5.74, 6) is 0. The summed E-state index contributed by atoms with van der Waals surface area (Å²) in [5, 5.41) is 0. The summed E-state index contributed by atoms with van der Waals surface area (Å²) in [6, 6.07) is 2.24. The van der Waals surface area contributed by atoms with Crippen molar-refractivity contribution in [1.29, 1.82) is 0 Å². The summed E-state index contributed by atoms with van der Waals surface area (Å²) in [5.41, 5.74) is 9.22. The van der Waals surface area contributed by atoms with Crippen LogP contribution in [0.25, 0.3) is 6.08 Å². The first-order valence-corrected chi connectivity index (χ1v) is 4.19. The van der Waals surface area contributed by atoms with Crippen LogP contribution in [0.15, 0.2) is 12.1 Å². The number of aromatic nitrogens is 1. The molecule has 0 fully saturated rings. The number of hydrogen-bond acceptors (Lipinski definition) is 1. The Labute approximate surface area is 73.5 Å². The molecule has 0 saturated heterocycles. The summed E-state index contributed by atoms with van der Waals surface area (Å²) < 4.78 is 0. The summed E-state index contributed by atoms with van der Waals surface area (Å²) in [6.45, 7) is 6.08. The molecule has 0 aliphatic heterocycles. The van der Waals surface area contributed by atoms with Crippen LogP contribution in [0.4, 0.5) is 0 Å². The van der Waals surface area contributed by atoms with Crippen molar-refractivity contribution in [3.05, 3.63) is 29.1 Å². The smallest absolute Gasteiger partial charge is 0.0198 e. The third-order valence-electron chi connectivity index (χ3n) is 1.77. The zero-order valence-corrected chi connectivity index (χ0v) is 7.89. The second kappa shape index (κ2) is 3.59. The van der Waals surface area contributed by atoms with Gasteiger partial charge in [-0.2, -0.15) is 0 Å². The Kier molecular flexibility index (Phi) is 2.71. The van der Waals surface area contributed by atoms with Crippen LogP contribution in [-0.2, 0) is 0 Å². The van der Waals surface area contributed by atoms with Crippen LogP contribution in [0.5, 0.6) is 0 Å². The number of nitrogens with one attached hydrogen (secondary N) is 1. The van der Waals surface area contributed by atoms with Gasteiger partial charge in [0.25, 0.3) is 0 Å². The van der Waals surface area contributed by atoms with Crippen LogP contribution in [-0.4, -0.2) is 11.0 Å². The lowest BCUT2D eigenvalue weighted by molar-refractivity contribution is 0.930. The molecule has 2 nitrogen and oxygen atoms in total. The van der Waals surface area contributed by atoms with E-state index in [1.807, 2.05) is 13.0 Å². The predicted octanol–water partition coefficient (Wildman–Crippen LogP) is 1.99. The van der Waals surface area contributed by atoms with Crippen LogP contribution >= 0.6 is 0 Å². The standard InChI is InChI=1S/C10H16N2/c1-7(11)4-5-10-6-8(2)12-9(10)3/h4-7,12H,11H2,1-3H3/b5-4+. The van der Waals surface area contributed by atoms with Gasteiger partial charge in [-0.25, -0.2) is 0 Å². The number of H-pyrrole nitrogens is 1. The van der Waals surface area contributed by atoms with E-state index in [0.717, 1.165) is 0 Å². The molecule has 0 amide bonds. The van der Waals surface area contributed by atoms with E-state index in [2.05, 4.69) is 31.0 Å². The third-order valence-corrected chi connectivity index (χ3v) is 1.77. The van der Waals surface area contributed by atoms with E-state index < -0.39 is 0 Å². The van der Waals surface area contributed by atoms with Crippen LogP contribution in [0, 0.1) is 13.8 Å². The van der Waals surface area contributed by atoms with Gasteiger partial charge < -0.3 is 10.7 Å². The summed E-state index contributed by atoms with van der Waals surface area (Å²) >= 11 is 0. The average Bonchev–Trinajstić information content (AvgIpc) is 2.26. The van der Waals surface area contributed by atoms with Gasteiger partial charge in [0.1, 0.15) is 0 Å². The number of aryl methyl sites for hydroxylation is 2. The van der Waals surface area contributed by atoms with Gasteiger partial charge in [0.2, 0.25) is 0 Å². The Balaban J connectivity index is 2.81. The molecule has 1 atom stereocenters. The number of aromatic amines is 1. The Morgan fingerprint density at radius 3 is 2.58 bits per heavy atom. The first kappa shape index (κ1) is 9.07. The molecule has 1 rings (SSSR count). The highest BCUT2D eigenvalue weighted by molar-refractivity contribution is 5.53. The van der Waals surface area contributed by atoms with E-state index >= 15 is 0 Å². The molecule has 0 spiro atoms. The molecule has 0 aliphatic rings. The maximum Gasteiger partial charge on any atom is 0.0198 e. The van der Waals surface area contributed by atoms with Crippen molar-refractivity contribution in [3.8, 4) is 0 Å². The monoisotopic (exact) mass is 164 g/mol. The van der Waals surface area contributed by atoms with Gasteiger partial charge in [-0.15, -0.1) is 0 Å². The molecule has 1 aromatic rings. The van der Waals surface area contributed by atoms with Gasteiger partial charge in [0.05, 0.1) is 0 Å². The molecule has 1 unspecified atom stereocenters. The SMILES string of the molecule is Cc1cc(/C=C/C(C)N)c(C)[nH]1. The Morgan fingerprint density at radius 1 is 1.50 bits per heavy atom.